The van der Waals surface area contributed by atoms with Crippen molar-refractivity contribution in [2.75, 3.05) is 30.4 Å². The summed E-state index contributed by atoms with van der Waals surface area (Å²) < 4.78 is 0. The van der Waals surface area contributed by atoms with E-state index in [4.69, 9.17) is 0 Å². The minimum absolute atomic E-state index is 0.0504. The largest absolute Gasteiger partial charge is 0.359 e. The van der Waals surface area contributed by atoms with Crippen molar-refractivity contribution in [1.29, 1.82) is 0 Å². The van der Waals surface area contributed by atoms with Crippen LogP contribution in [-0.2, 0) is 11.3 Å². The molecule has 1 aliphatic rings. The summed E-state index contributed by atoms with van der Waals surface area (Å²) in [6.45, 7) is 3.31. The lowest BCUT2D eigenvalue weighted by molar-refractivity contribution is -0.116. The van der Waals surface area contributed by atoms with Gasteiger partial charge in [0.15, 0.2) is 0 Å². The normalized spacial score (nSPS) is 13.2. The predicted octanol–water partition coefficient (Wildman–Crippen LogP) is 2.13. The third-order valence-electron chi connectivity index (χ3n) is 4.14. The van der Waals surface area contributed by atoms with Gasteiger partial charge in [-0.05, 0) is 18.6 Å². The number of carbonyl (C=O) groups excluding carboxylic acids is 2. The molecule has 3 rings (SSSR count). The van der Waals surface area contributed by atoms with Gasteiger partial charge in [-0.3, -0.25) is 9.59 Å². The fourth-order valence-corrected chi connectivity index (χ4v) is 2.69. The first kappa shape index (κ1) is 16.0. The Bertz CT molecular complexity index is 761. The highest BCUT2D eigenvalue weighted by Gasteiger charge is 2.24. The van der Waals surface area contributed by atoms with Gasteiger partial charge in [0.05, 0.1) is 17.8 Å². The Labute approximate surface area is 141 Å². The molecule has 6 heteroatoms. The number of likely N-dealkylation sites (N-methyl/N-ethyl adjacent to an activating group) is 1. The fourth-order valence-electron chi connectivity index (χ4n) is 2.69. The molecule has 2 aromatic rings. The van der Waals surface area contributed by atoms with Gasteiger partial charge in [-0.25, -0.2) is 4.98 Å². The van der Waals surface area contributed by atoms with E-state index in [0.717, 1.165) is 5.56 Å². The third-order valence-corrected chi connectivity index (χ3v) is 4.14. The molecule has 6 nitrogen and oxygen atoms in total. The van der Waals surface area contributed by atoms with Gasteiger partial charge < -0.3 is 15.1 Å². The van der Waals surface area contributed by atoms with Gasteiger partial charge in [0.1, 0.15) is 5.82 Å². The summed E-state index contributed by atoms with van der Waals surface area (Å²) >= 11 is 0. The zero-order valence-corrected chi connectivity index (χ0v) is 13.8. The molecule has 0 saturated heterocycles. The highest BCUT2D eigenvalue weighted by molar-refractivity contribution is 6.03. The molecule has 0 aliphatic carbocycles. The number of hydrogen-bond donors (Lipinski definition) is 1. The number of amides is 2. The molecule has 0 spiro atoms. The maximum Gasteiger partial charge on any atom is 0.255 e. The second-order valence-corrected chi connectivity index (χ2v) is 5.70. The van der Waals surface area contributed by atoms with Crippen LogP contribution in [0.25, 0.3) is 0 Å². The van der Waals surface area contributed by atoms with E-state index in [9.17, 15) is 9.59 Å². The highest BCUT2D eigenvalue weighted by Crippen LogP contribution is 2.27. The number of nitrogens with one attached hydrogen (secondary N) is 1. The Hall–Kier alpha value is -2.89. The van der Waals surface area contributed by atoms with Gasteiger partial charge in [0, 0.05) is 26.3 Å². The molecular formula is C18H20N4O2. The standard InChI is InChI=1S/C18H20N4O2/c1-3-22(12-13-7-5-4-6-8-13)18(24)14-9-15-17(19-10-14)20-11-16(23)21(15)2/h4-10H,3,11-12H2,1-2H3,(H,19,20). The molecule has 0 fully saturated rings. The molecule has 0 bridgehead atoms. The van der Waals surface area contributed by atoms with Crippen LogP contribution in [0.3, 0.4) is 0 Å². The molecule has 2 heterocycles. The molecule has 2 amide bonds. The van der Waals surface area contributed by atoms with E-state index in [2.05, 4.69) is 10.3 Å². The zero-order chi connectivity index (χ0) is 17.1. The number of benzene rings is 1. The van der Waals surface area contributed by atoms with Crippen LogP contribution >= 0.6 is 0 Å². The minimum Gasteiger partial charge on any atom is -0.359 e. The summed E-state index contributed by atoms with van der Waals surface area (Å²) in [5.74, 6) is 0.480. The van der Waals surface area contributed by atoms with Crippen LogP contribution in [0, 0.1) is 0 Å². The Kier molecular flexibility index (Phi) is 4.46. The predicted molar refractivity (Wildman–Crippen MR) is 93.0 cm³/mol. The molecule has 1 N–H and O–H groups in total. The Morgan fingerprint density at radius 3 is 2.79 bits per heavy atom. The van der Waals surface area contributed by atoms with Crippen LogP contribution in [-0.4, -0.2) is 41.8 Å². The molecular weight excluding hydrogens is 304 g/mol. The van der Waals surface area contributed by atoms with Crippen molar-refractivity contribution in [3.63, 3.8) is 0 Å². The first-order valence-corrected chi connectivity index (χ1v) is 7.94. The highest BCUT2D eigenvalue weighted by atomic mass is 16.2. The summed E-state index contributed by atoms with van der Waals surface area (Å²) in [6.07, 6.45) is 1.56. The zero-order valence-electron chi connectivity index (χ0n) is 13.8. The van der Waals surface area contributed by atoms with Gasteiger partial charge in [0.25, 0.3) is 5.91 Å². The number of nitrogens with zero attached hydrogens (tertiary/aromatic N) is 3. The van der Waals surface area contributed by atoms with Crippen LogP contribution in [0.5, 0.6) is 0 Å². The first-order valence-electron chi connectivity index (χ1n) is 7.94. The van der Waals surface area contributed by atoms with E-state index in [1.54, 1.807) is 24.2 Å². The van der Waals surface area contributed by atoms with E-state index in [1.165, 1.54) is 4.90 Å². The molecule has 124 valence electrons. The molecule has 24 heavy (non-hydrogen) atoms. The third kappa shape index (κ3) is 3.08. The molecule has 0 radical (unpaired) electrons. The average Bonchev–Trinajstić information content (AvgIpc) is 2.63. The number of anilines is 2. The summed E-state index contributed by atoms with van der Waals surface area (Å²) in [4.78, 5) is 32.2. The van der Waals surface area contributed by atoms with Crippen molar-refractivity contribution in [1.82, 2.24) is 9.88 Å². The summed E-state index contributed by atoms with van der Waals surface area (Å²) in [6, 6.07) is 11.6. The molecule has 1 aromatic carbocycles. The van der Waals surface area contributed by atoms with Gasteiger partial charge in [0.2, 0.25) is 5.91 Å². The SMILES string of the molecule is CCN(Cc1ccccc1)C(=O)c1cnc2c(c1)N(C)C(=O)CN2. The first-order chi connectivity index (χ1) is 11.6. The van der Waals surface area contributed by atoms with Gasteiger partial charge in [-0.15, -0.1) is 0 Å². The maximum absolute atomic E-state index is 12.8. The molecule has 0 unspecified atom stereocenters. The Morgan fingerprint density at radius 2 is 2.08 bits per heavy atom. The van der Waals surface area contributed by atoms with Crippen LogP contribution < -0.4 is 10.2 Å². The second kappa shape index (κ2) is 6.70. The lowest BCUT2D eigenvalue weighted by atomic mass is 10.1. The summed E-state index contributed by atoms with van der Waals surface area (Å²) in [5, 5.41) is 2.96. The van der Waals surface area contributed by atoms with Crippen LogP contribution in [0.15, 0.2) is 42.6 Å². The number of hydrogen-bond acceptors (Lipinski definition) is 4. The average molecular weight is 324 g/mol. The molecule has 1 aromatic heterocycles. The Balaban J connectivity index is 1.85. The lowest BCUT2D eigenvalue weighted by Gasteiger charge is -2.27. The van der Waals surface area contributed by atoms with Crippen molar-refractivity contribution in [3.8, 4) is 0 Å². The molecule has 1 aliphatic heterocycles. The van der Waals surface area contributed by atoms with E-state index >= 15 is 0 Å². The van der Waals surface area contributed by atoms with Gasteiger partial charge >= 0.3 is 0 Å². The number of carbonyl (C=O) groups is 2. The summed E-state index contributed by atoms with van der Waals surface area (Å²) in [5.41, 5.74) is 2.19. The fraction of sp³-hybridized carbons (Fsp3) is 0.278. The minimum atomic E-state index is -0.0944. The lowest BCUT2D eigenvalue weighted by Crippen LogP contribution is -2.37. The van der Waals surface area contributed by atoms with E-state index in [1.807, 2.05) is 37.3 Å². The van der Waals surface area contributed by atoms with Crippen molar-refractivity contribution in [3.05, 3.63) is 53.7 Å². The number of aromatic nitrogens is 1. The van der Waals surface area contributed by atoms with E-state index in [-0.39, 0.29) is 18.4 Å². The van der Waals surface area contributed by atoms with Gasteiger partial charge in [-0.2, -0.15) is 0 Å². The van der Waals surface area contributed by atoms with E-state index in [0.29, 0.717) is 30.2 Å². The van der Waals surface area contributed by atoms with Crippen molar-refractivity contribution >= 4 is 23.3 Å². The number of pyridine rings is 1. The van der Waals surface area contributed by atoms with E-state index < -0.39 is 0 Å². The molecule has 0 atom stereocenters. The summed E-state index contributed by atoms with van der Waals surface area (Å²) in [7, 11) is 1.69. The van der Waals surface area contributed by atoms with Crippen molar-refractivity contribution in [2.24, 2.45) is 0 Å². The smallest absolute Gasteiger partial charge is 0.255 e. The van der Waals surface area contributed by atoms with Crippen molar-refractivity contribution < 1.29 is 9.59 Å². The second-order valence-electron chi connectivity index (χ2n) is 5.70. The topological polar surface area (TPSA) is 65.5 Å². The molecule has 0 saturated carbocycles. The van der Waals surface area contributed by atoms with Crippen LogP contribution in [0.1, 0.15) is 22.8 Å². The van der Waals surface area contributed by atoms with Crippen molar-refractivity contribution in [2.45, 2.75) is 13.5 Å². The number of fused-ring (bicyclic) bond motifs is 1. The Morgan fingerprint density at radius 1 is 1.33 bits per heavy atom. The maximum atomic E-state index is 12.8. The monoisotopic (exact) mass is 324 g/mol. The van der Waals surface area contributed by atoms with Crippen LogP contribution in [0.2, 0.25) is 0 Å². The quantitative estimate of drug-likeness (QED) is 0.936. The van der Waals surface area contributed by atoms with Crippen LogP contribution in [0.4, 0.5) is 11.5 Å². The number of rotatable bonds is 4. The van der Waals surface area contributed by atoms with Gasteiger partial charge in [-0.1, -0.05) is 30.3 Å².